The van der Waals surface area contributed by atoms with Crippen molar-refractivity contribution in [2.75, 3.05) is 13.2 Å². The van der Waals surface area contributed by atoms with Crippen LogP contribution in [0.15, 0.2) is 23.1 Å². The van der Waals surface area contributed by atoms with E-state index < -0.39 is 63.2 Å². The molecule has 9 nitrogen and oxygen atoms in total. The Balaban J connectivity index is 2.52. The number of amides is 3. The van der Waals surface area contributed by atoms with E-state index in [1.807, 2.05) is 5.32 Å². The molecule has 0 radical (unpaired) electrons. The molecule has 0 bridgehead atoms. The van der Waals surface area contributed by atoms with Crippen molar-refractivity contribution in [3.8, 4) is 0 Å². The second-order valence-electron chi connectivity index (χ2n) is 6.29. The average molecular weight is 407 g/mol. The van der Waals surface area contributed by atoms with Crippen LogP contribution in [0, 0.1) is 11.6 Å². The van der Waals surface area contributed by atoms with Gasteiger partial charge in [0.1, 0.15) is 18.2 Å². The maximum Gasteiger partial charge on any atom is 0.321 e. The molecule has 1 aromatic rings. The maximum absolute atomic E-state index is 13.5. The molecule has 0 heterocycles. The number of carbonyl (C=O) groups is 3. The van der Waals surface area contributed by atoms with Crippen LogP contribution < -0.4 is 15.4 Å². The number of rotatable bonds is 6. The number of sulfonamides is 1. The van der Waals surface area contributed by atoms with Crippen LogP contribution in [0.2, 0.25) is 0 Å². The molecule has 3 N–H and O–H groups in total. The third-order valence-electron chi connectivity index (χ3n) is 2.70. The second-order valence-corrected chi connectivity index (χ2v) is 7.99. The molecular formula is C15H19F2N3O6S. The summed E-state index contributed by atoms with van der Waals surface area (Å²) in [4.78, 5) is 33.2. The Hall–Kier alpha value is -2.60. The average Bonchev–Trinajstić information content (AvgIpc) is 2.48. The molecule has 12 heteroatoms. The Kier molecular flexibility index (Phi) is 7.37. The van der Waals surface area contributed by atoms with E-state index in [9.17, 15) is 31.6 Å². The first-order chi connectivity index (χ1) is 12.3. The van der Waals surface area contributed by atoms with E-state index >= 15 is 0 Å². The molecule has 27 heavy (non-hydrogen) atoms. The van der Waals surface area contributed by atoms with Crippen LogP contribution in [0.4, 0.5) is 13.6 Å². The maximum atomic E-state index is 13.5. The topological polar surface area (TPSA) is 131 Å². The van der Waals surface area contributed by atoms with E-state index in [-0.39, 0.29) is 0 Å². The van der Waals surface area contributed by atoms with Gasteiger partial charge in [-0.25, -0.2) is 22.0 Å². The fourth-order valence-electron chi connectivity index (χ4n) is 1.70. The molecule has 0 aromatic heterocycles. The SMILES string of the molecule is CC(C)(C)NC(=O)NC(=O)COC(=O)CNS(=O)(=O)c1c(F)cccc1F. The first-order valence-electron chi connectivity index (χ1n) is 7.53. The molecule has 0 aliphatic carbocycles. The van der Waals surface area contributed by atoms with E-state index in [2.05, 4.69) is 10.1 Å². The van der Waals surface area contributed by atoms with Crippen LogP contribution in [-0.2, 0) is 24.3 Å². The lowest BCUT2D eigenvalue weighted by atomic mass is 10.1. The van der Waals surface area contributed by atoms with Gasteiger partial charge in [-0.3, -0.25) is 14.9 Å². The Labute approximate surface area is 154 Å². The monoisotopic (exact) mass is 407 g/mol. The molecule has 1 rings (SSSR count). The van der Waals surface area contributed by atoms with Crippen LogP contribution in [0.25, 0.3) is 0 Å². The number of imide groups is 1. The van der Waals surface area contributed by atoms with Crippen LogP contribution in [0.3, 0.4) is 0 Å². The predicted octanol–water partition coefficient (Wildman–Crippen LogP) is 0.411. The van der Waals surface area contributed by atoms with Crippen molar-refractivity contribution in [3.05, 3.63) is 29.8 Å². The quantitative estimate of drug-likeness (QED) is 0.586. The summed E-state index contributed by atoms with van der Waals surface area (Å²) >= 11 is 0. The van der Waals surface area contributed by atoms with Gasteiger partial charge in [0.2, 0.25) is 10.0 Å². The lowest BCUT2D eigenvalue weighted by molar-refractivity contribution is -0.147. The van der Waals surface area contributed by atoms with Crippen molar-refractivity contribution < 1.29 is 36.3 Å². The van der Waals surface area contributed by atoms with Crippen LogP contribution in [0.5, 0.6) is 0 Å². The highest BCUT2D eigenvalue weighted by molar-refractivity contribution is 7.89. The number of esters is 1. The van der Waals surface area contributed by atoms with Gasteiger partial charge >= 0.3 is 12.0 Å². The number of benzene rings is 1. The van der Waals surface area contributed by atoms with Gasteiger partial charge < -0.3 is 10.1 Å². The molecular weight excluding hydrogens is 388 g/mol. The number of hydrogen-bond donors (Lipinski definition) is 3. The van der Waals surface area contributed by atoms with E-state index in [1.165, 1.54) is 0 Å². The molecule has 0 unspecified atom stereocenters. The summed E-state index contributed by atoms with van der Waals surface area (Å²) < 4.78 is 56.9. The number of ether oxygens (including phenoxy) is 1. The molecule has 0 saturated carbocycles. The lowest BCUT2D eigenvalue weighted by Crippen LogP contribution is -2.49. The van der Waals surface area contributed by atoms with Gasteiger partial charge in [0.25, 0.3) is 5.91 Å². The van der Waals surface area contributed by atoms with Gasteiger partial charge in [-0.2, -0.15) is 4.72 Å². The Morgan fingerprint density at radius 3 is 2.19 bits per heavy atom. The normalized spacial score (nSPS) is 11.6. The first kappa shape index (κ1) is 22.4. The van der Waals surface area contributed by atoms with E-state index in [1.54, 1.807) is 25.5 Å². The zero-order valence-electron chi connectivity index (χ0n) is 14.8. The minimum absolute atomic E-state index is 0.596. The summed E-state index contributed by atoms with van der Waals surface area (Å²) in [6.45, 7) is 3.22. The summed E-state index contributed by atoms with van der Waals surface area (Å²) in [6, 6.07) is 1.65. The van der Waals surface area contributed by atoms with Crippen molar-refractivity contribution in [2.45, 2.75) is 31.2 Å². The highest BCUT2D eigenvalue weighted by Crippen LogP contribution is 2.17. The third-order valence-corrected chi connectivity index (χ3v) is 4.15. The lowest BCUT2D eigenvalue weighted by Gasteiger charge is -2.20. The van der Waals surface area contributed by atoms with Gasteiger partial charge in [0.05, 0.1) is 0 Å². The summed E-state index contributed by atoms with van der Waals surface area (Å²) in [5, 5.41) is 4.34. The molecule has 0 aliphatic heterocycles. The number of urea groups is 1. The van der Waals surface area contributed by atoms with Gasteiger partial charge in [-0.15, -0.1) is 0 Å². The fourth-order valence-corrected chi connectivity index (χ4v) is 2.80. The van der Waals surface area contributed by atoms with Gasteiger partial charge in [-0.05, 0) is 32.9 Å². The summed E-state index contributed by atoms with van der Waals surface area (Å²) in [6.07, 6.45) is 0. The van der Waals surface area contributed by atoms with Crippen molar-refractivity contribution in [2.24, 2.45) is 0 Å². The van der Waals surface area contributed by atoms with Gasteiger partial charge in [0, 0.05) is 5.54 Å². The third kappa shape index (κ3) is 7.66. The van der Waals surface area contributed by atoms with Crippen molar-refractivity contribution in [3.63, 3.8) is 0 Å². The van der Waals surface area contributed by atoms with Crippen LogP contribution >= 0.6 is 0 Å². The van der Waals surface area contributed by atoms with Crippen LogP contribution in [-0.4, -0.2) is 45.0 Å². The summed E-state index contributed by atoms with van der Waals surface area (Å²) in [5.41, 5.74) is -0.596. The number of carbonyl (C=O) groups excluding carboxylic acids is 3. The molecule has 0 spiro atoms. The number of hydrogen-bond acceptors (Lipinski definition) is 6. The fraction of sp³-hybridized carbons (Fsp3) is 0.400. The zero-order chi connectivity index (χ0) is 20.8. The predicted molar refractivity (Wildman–Crippen MR) is 88.9 cm³/mol. The molecule has 0 saturated heterocycles. The molecule has 1 aromatic carbocycles. The van der Waals surface area contributed by atoms with Crippen molar-refractivity contribution in [1.29, 1.82) is 0 Å². The number of nitrogens with one attached hydrogen (secondary N) is 3. The van der Waals surface area contributed by atoms with Crippen LogP contribution in [0.1, 0.15) is 20.8 Å². The standard InChI is InChI=1S/C15H19F2N3O6S/c1-15(2,3)20-14(23)19-11(21)8-26-12(22)7-18-27(24,25)13-9(16)5-4-6-10(13)17/h4-6,18H,7-8H2,1-3H3,(H2,19,20,21,23). The largest absolute Gasteiger partial charge is 0.455 e. The van der Waals surface area contributed by atoms with E-state index in [0.717, 1.165) is 18.2 Å². The van der Waals surface area contributed by atoms with Gasteiger partial charge in [0.15, 0.2) is 11.5 Å². The summed E-state index contributed by atoms with van der Waals surface area (Å²) in [5.74, 6) is -4.81. The second kappa shape index (κ2) is 8.86. The molecule has 0 atom stereocenters. The highest BCUT2D eigenvalue weighted by atomic mass is 32.2. The summed E-state index contributed by atoms with van der Waals surface area (Å²) in [7, 11) is -4.66. The van der Waals surface area contributed by atoms with Gasteiger partial charge in [-0.1, -0.05) is 6.07 Å². The number of halogens is 2. The zero-order valence-corrected chi connectivity index (χ0v) is 15.6. The van der Waals surface area contributed by atoms with Crippen molar-refractivity contribution in [1.82, 2.24) is 15.4 Å². The van der Waals surface area contributed by atoms with Crippen molar-refractivity contribution >= 4 is 27.9 Å². The molecule has 150 valence electrons. The molecule has 0 aliphatic rings. The van der Waals surface area contributed by atoms with E-state index in [0.29, 0.717) is 0 Å². The minimum atomic E-state index is -4.66. The Bertz CT molecular complexity index is 816. The molecule has 3 amide bonds. The Morgan fingerprint density at radius 1 is 1.11 bits per heavy atom. The molecule has 0 fully saturated rings. The smallest absolute Gasteiger partial charge is 0.321 e. The Morgan fingerprint density at radius 2 is 1.67 bits per heavy atom. The highest BCUT2D eigenvalue weighted by Gasteiger charge is 2.24. The first-order valence-corrected chi connectivity index (χ1v) is 9.01. The minimum Gasteiger partial charge on any atom is -0.455 e. The van der Waals surface area contributed by atoms with E-state index in [4.69, 9.17) is 0 Å².